The smallest absolute Gasteiger partial charge is 0.240 e. The second kappa shape index (κ2) is 5.36. The maximum atomic E-state index is 13.0. The van der Waals surface area contributed by atoms with Gasteiger partial charge in [-0.15, -0.1) is 0 Å². The summed E-state index contributed by atoms with van der Waals surface area (Å²) in [6.45, 7) is 0.328. The quantitative estimate of drug-likeness (QED) is 0.844. The molecular weight excluding hydrogens is 293 g/mol. The summed E-state index contributed by atoms with van der Waals surface area (Å²) in [6, 6.07) is 3.29. The first-order valence-electron chi connectivity index (χ1n) is 5.94. The Hall–Kier alpha value is -0.690. The lowest BCUT2D eigenvalue weighted by molar-refractivity contribution is 0.249. The maximum absolute atomic E-state index is 13.0. The SMILES string of the molecule is O=S(=O)(NCC1(CCO)CC1)c1ccc(F)c(Cl)c1. The molecule has 1 aromatic rings. The summed E-state index contributed by atoms with van der Waals surface area (Å²) in [5, 5.41) is 8.70. The van der Waals surface area contributed by atoms with Crippen LogP contribution in [0, 0.1) is 11.2 Å². The van der Waals surface area contributed by atoms with Gasteiger partial charge in [-0.3, -0.25) is 0 Å². The fourth-order valence-electron chi connectivity index (χ4n) is 1.90. The van der Waals surface area contributed by atoms with Crippen molar-refractivity contribution >= 4 is 21.6 Å². The van der Waals surface area contributed by atoms with Crippen molar-refractivity contribution in [2.24, 2.45) is 5.41 Å². The monoisotopic (exact) mass is 307 g/mol. The minimum absolute atomic E-state index is 0.0457. The van der Waals surface area contributed by atoms with Crippen LogP contribution in [0.15, 0.2) is 23.1 Å². The number of halogens is 2. The number of benzene rings is 1. The third-order valence-electron chi connectivity index (χ3n) is 3.44. The third-order valence-corrected chi connectivity index (χ3v) is 5.13. The molecular formula is C12H15ClFNO3S. The normalized spacial score (nSPS) is 17.4. The van der Waals surface area contributed by atoms with Gasteiger partial charge in [-0.2, -0.15) is 0 Å². The second-order valence-electron chi connectivity index (χ2n) is 4.87. The van der Waals surface area contributed by atoms with Gasteiger partial charge in [0.05, 0.1) is 9.92 Å². The van der Waals surface area contributed by atoms with Gasteiger partial charge in [-0.25, -0.2) is 17.5 Å². The standard InChI is InChI=1S/C12H15ClFNO3S/c13-10-7-9(1-2-11(10)14)19(17,18)15-8-12(3-4-12)5-6-16/h1-2,7,15-16H,3-6,8H2. The Labute approximate surface area is 116 Å². The Morgan fingerprint density at radius 1 is 1.42 bits per heavy atom. The van der Waals surface area contributed by atoms with Crippen LogP contribution < -0.4 is 4.72 Å². The van der Waals surface area contributed by atoms with Crippen LogP contribution in [0.4, 0.5) is 4.39 Å². The van der Waals surface area contributed by atoms with Crippen LogP contribution in [0.2, 0.25) is 5.02 Å². The summed E-state index contributed by atoms with van der Waals surface area (Å²) in [5.74, 6) is -0.653. The van der Waals surface area contributed by atoms with Crippen molar-refractivity contribution in [2.75, 3.05) is 13.2 Å². The van der Waals surface area contributed by atoms with E-state index in [0.29, 0.717) is 6.42 Å². The van der Waals surface area contributed by atoms with Crippen LogP contribution >= 0.6 is 11.6 Å². The molecule has 0 unspecified atom stereocenters. The largest absolute Gasteiger partial charge is 0.396 e. The molecule has 0 radical (unpaired) electrons. The molecule has 2 N–H and O–H groups in total. The van der Waals surface area contributed by atoms with Crippen molar-refractivity contribution in [3.8, 4) is 0 Å². The first-order valence-corrected chi connectivity index (χ1v) is 7.80. The number of sulfonamides is 1. The van der Waals surface area contributed by atoms with Gasteiger partial charge >= 0.3 is 0 Å². The van der Waals surface area contributed by atoms with Gasteiger partial charge in [-0.05, 0) is 42.9 Å². The van der Waals surface area contributed by atoms with Crippen molar-refractivity contribution in [3.05, 3.63) is 29.0 Å². The molecule has 1 aromatic carbocycles. The van der Waals surface area contributed by atoms with E-state index >= 15 is 0 Å². The van der Waals surface area contributed by atoms with Gasteiger partial charge < -0.3 is 5.11 Å². The number of aliphatic hydroxyl groups excluding tert-OH is 1. The van der Waals surface area contributed by atoms with Gasteiger partial charge in [0.25, 0.3) is 0 Å². The Balaban J connectivity index is 2.08. The van der Waals surface area contributed by atoms with Crippen molar-refractivity contribution in [1.29, 1.82) is 0 Å². The molecule has 0 spiro atoms. The topological polar surface area (TPSA) is 66.4 Å². The molecule has 0 aromatic heterocycles. The number of hydrogen-bond donors (Lipinski definition) is 2. The van der Waals surface area contributed by atoms with E-state index in [-0.39, 0.29) is 28.5 Å². The molecule has 1 aliphatic rings. The Kier molecular flexibility index (Phi) is 4.15. The lowest BCUT2D eigenvalue weighted by Crippen LogP contribution is -2.30. The van der Waals surface area contributed by atoms with E-state index in [1.165, 1.54) is 6.07 Å². The zero-order chi connectivity index (χ0) is 14.1. The fraction of sp³-hybridized carbons (Fsp3) is 0.500. The molecule has 0 saturated heterocycles. The van der Waals surface area contributed by atoms with Crippen molar-refractivity contribution < 1.29 is 17.9 Å². The van der Waals surface area contributed by atoms with E-state index in [4.69, 9.17) is 16.7 Å². The highest BCUT2D eigenvalue weighted by molar-refractivity contribution is 7.89. The summed E-state index contributed by atoms with van der Waals surface area (Å²) in [6.07, 6.45) is 2.39. The van der Waals surface area contributed by atoms with E-state index in [1.54, 1.807) is 0 Å². The van der Waals surface area contributed by atoms with E-state index < -0.39 is 15.8 Å². The van der Waals surface area contributed by atoms with Crippen LogP contribution in [0.5, 0.6) is 0 Å². The summed E-state index contributed by atoms with van der Waals surface area (Å²) >= 11 is 5.57. The summed E-state index contributed by atoms with van der Waals surface area (Å²) in [7, 11) is -3.69. The zero-order valence-electron chi connectivity index (χ0n) is 10.2. The van der Waals surface area contributed by atoms with E-state index in [1.807, 2.05) is 0 Å². The summed E-state index contributed by atoms with van der Waals surface area (Å²) in [5.41, 5.74) is -0.119. The molecule has 4 nitrogen and oxygen atoms in total. The number of nitrogens with one attached hydrogen (secondary N) is 1. The van der Waals surface area contributed by atoms with Crippen molar-refractivity contribution in [3.63, 3.8) is 0 Å². The molecule has 0 aliphatic heterocycles. The van der Waals surface area contributed by atoms with Crippen molar-refractivity contribution in [1.82, 2.24) is 4.72 Å². The van der Waals surface area contributed by atoms with Gasteiger partial charge in [0.2, 0.25) is 10.0 Å². The number of hydrogen-bond acceptors (Lipinski definition) is 3. The predicted octanol–water partition coefficient (Wildman–Crippen LogP) is 1.92. The maximum Gasteiger partial charge on any atom is 0.240 e. The zero-order valence-corrected chi connectivity index (χ0v) is 11.8. The first kappa shape index (κ1) is 14.7. The fourth-order valence-corrected chi connectivity index (χ4v) is 3.33. The van der Waals surface area contributed by atoms with Crippen LogP contribution in [-0.4, -0.2) is 26.7 Å². The molecule has 7 heteroatoms. The predicted molar refractivity (Wildman–Crippen MR) is 70.0 cm³/mol. The molecule has 0 heterocycles. The van der Waals surface area contributed by atoms with Gasteiger partial charge in [0, 0.05) is 13.2 Å². The average Bonchev–Trinajstić information content (AvgIpc) is 3.11. The summed E-state index contributed by atoms with van der Waals surface area (Å²) in [4.78, 5) is -0.0568. The highest BCUT2D eigenvalue weighted by Gasteiger charge is 2.42. The third kappa shape index (κ3) is 3.45. The minimum Gasteiger partial charge on any atom is -0.396 e. The highest BCUT2D eigenvalue weighted by Crippen LogP contribution is 2.48. The highest BCUT2D eigenvalue weighted by atomic mass is 35.5. The molecule has 1 saturated carbocycles. The van der Waals surface area contributed by atoms with E-state index in [0.717, 1.165) is 25.0 Å². The van der Waals surface area contributed by atoms with Crippen LogP contribution in [0.1, 0.15) is 19.3 Å². The molecule has 0 atom stereocenters. The van der Waals surface area contributed by atoms with Crippen LogP contribution in [0.3, 0.4) is 0 Å². The summed E-state index contributed by atoms with van der Waals surface area (Å²) < 4.78 is 39.5. The molecule has 106 valence electrons. The van der Waals surface area contributed by atoms with E-state index in [9.17, 15) is 12.8 Å². The molecule has 2 rings (SSSR count). The Morgan fingerprint density at radius 2 is 2.11 bits per heavy atom. The molecule has 1 fully saturated rings. The average molecular weight is 308 g/mol. The Bertz CT molecular complexity index is 572. The molecule has 19 heavy (non-hydrogen) atoms. The first-order chi connectivity index (χ1) is 8.88. The van der Waals surface area contributed by atoms with E-state index in [2.05, 4.69) is 4.72 Å². The molecule has 1 aliphatic carbocycles. The minimum atomic E-state index is -3.69. The number of aliphatic hydroxyl groups is 1. The molecule has 0 bridgehead atoms. The van der Waals surface area contributed by atoms with Gasteiger partial charge in [0.1, 0.15) is 5.82 Å². The number of rotatable bonds is 6. The Morgan fingerprint density at radius 3 is 2.63 bits per heavy atom. The lowest BCUT2D eigenvalue weighted by Gasteiger charge is -2.14. The van der Waals surface area contributed by atoms with Crippen LogP contribution in [0.25, 0.3) is 0 Å². The second-order valence-corrected chi connectivity index (χ2v) is 7.05. The lowest BCUT2D eigenvalue weighted by atomic mass is 10.0. The van der Waals surface area contributed by atoms with Crippen molar-refractivity contribution in [2.45, 2.75) is 24.2 Å². The van der Waals surface area contributed by atoms with Gasteiger partial charge in [-0.1, -0.05) is 11.6 Å². The van der Waals surface area contributed by atoms with Gasteiger partial charge in [0.15, 0.2) is 0 Å². The molecule has 0 amide bonds. The van der Waals surface area contributed by atoms with Crippen LogP contribution in [-0.2, 0) is 10.0 Å².